The van der Waals surface area contributed by atoms with Crippen molar-refractivity contribution in [2.45, 2.75) is 19.3 Å². The van der Waals surface area contributed by atoms with Crippen molar-refractivity contribution in [2.75, 3.05) is 46.5 Å². The maximum Gasteiger partial charge on any atom is 0.260 e. The average molecular weight is 364 g/mol. The molecule has 2 fully saturated rings. The fraction of sp³-hybridized carbons (Fsp3) is 0.579. The van der Waals surface area contributed by atoms with E-state index in [0.29, 0.717) is 38.4 Å². The molecule has 7 heteroatoms. The summed E-state index contributed by atoms with van der Waals surface area (Å²) in [4.78, 5) is 28.9. The Bertz CT molecular complexity index is 651. The van der Waals surface area contributed by atoms with E-state index < -0.39 is 5.41 Å². The number of methoxy groups -OCH3 is 1. The molecule has 142 valence electrons. The Hall–Kier alpha value is -2.15. The van der Waals surface area contributed by atoms with Crippen molar-refractivity contribution >= 4 is 11.8 Å². The summed E-state index contributed by atoms with van der Waals surface area (Å²) >= 11 is 0. The molecule has 1 aromatic rings. The molecular formula is C19H25FN2O4. The van der Waals surface area contributed by atoms with Gasteiger partial charge in [0.1, 0.15) is 11.6 Å². The minimum absolute atomic E-state index is 0.108. The van der Waals surface area contributed by atoms with Crippen LogP contribution in [0.5, 0.6) is 5.75 Å². The van der Waals surface area contributed by atoms with Gasteiger partial charge >= 0.3 is 0 Å². The lowest BCUT2D eigenvalue weighted by Crippen LogP contribution is -2.51. The summed E-state index contributed by atoms with van der Waals surface area (Å²) in [5, 5.41) is 0. The molecule has 1 spiro atoms. The molecular weight excluding hydrogens is 339 g/mol. The zero-order chi connectivity index (χ0) is 18.6. The normalized spacial score (nSPS) is 22.9. The molecule has 2 amide bonds. The zero-order valence-electron chi connectivity index (χ0n) is 15.1. The second-order valence-corrected chi connectivity index (χ2v) is 6.98. The van der Waals surface area contributed by atoms with Crippen LogP contribution in [0.25, 0.3) is 0 Å². The summed E-state index contributed by atoms with van der Waals surface area (Å²) in [6.45, 7) is 2.78. The Balaban J connectivity index is 1.55. The molecule has 26 heavy (non-hydrogen) atoms. The van der Waals surface area contributed by atoms with Gasteiger partial charge in [-0.3, -0.25) is 9.59 Å². The quantitative estimate of drug-likeness (QED) is 0.771. The van der Waals surface area contributed by atoms with Crippen LogP contribution in [0.2, 0.25) is 0 Å². The Kier molecular flexibility index (Phi) is 5.76. The van der Waals surface area contributed by atoms with Crippen molar-refractivity contribution in [1.29, 1.82) is 0 Å². The third-order valence-corrected chi connectivity index (χ3v) is 5.27. The standard InChI is InChI=1S/C19H25FN2O4/c1-25-12-11-21-9-2-7-19(18(21)24)8-10-22(14-19)17(23)13-26-16-5-3-15(20)4-6-16/h3-6H,2,7-14H2,1H3/t19-/m0/s1. The van der Waals surface area contributed by atoms with Gasteiger partial charge in [-0.1, -0.05) is 0 Å². The first-order valence-corrected chi connectivity index (χ1v) is 8.98. The van der Waals surface area contributed by atoms with Gasteiger partial charge in [0.05, 0.1) is 12.0 Å². The molecule has 0 radical (unpaired) electrons. The fourth-order valence-electron chi connectivity index (χ4n) is 3.80. The van der Waals surface area contributed by atoms with Gasteiger partial charge in [0, 0.05) is 33.3 Å². The molecule has 1 atom stereocenters. The van der Waals surface area contributed by atoms with Gasteiger partial charge in [0.25, 0.3) is 5.91 Å². The molecule has 2 saturated heterocycles. The number of likely N-dealkylation sites (tertiary alicyclic amines) is 2. The summed E-state index contributed by atoms with van der Waals surface area (Å²) in [6.07, 6.45) is 2.46. The molecule has 3 rings (SSSR count). The van der Waals surface area contributed by atoms with Crippen LogP contribution in [-0.4, -0.2) is 68.1 Å². The van der Waals surface area contributed by atoms with E-state index in [-0.39, 0.29) is 24.2 Å². The van der Waals surface area contributed by atoms with Crippen molar-refractivity contribution in [2.24, 2.45) is 5.41 Å². The third kappa shape index (κ3) is 3.98. The maximum atomic E-state index is 12.9. The van der Waals surface area contributed by atoms with Crippen LogP contribution in [0.15, 0.2) is 24.3 Å². The Morgan fingerprint density at radius 1 is 1.23 bits per heavy atom. The second-order valence-electron chi connectivity index (χ2n) is 6.98. The van der Waals surface area contributed by atoms with Crippen LogP contribution in [0.3, 0.4) is 0 Å². The SMILES string of the molecule is COCCN1CCC[C@@]2(CCN(C(=O)COc3ccc(F)cc3)C2)C1=O. The molecule has 0 aliphatic carbocycles. The first-order chi connectivity index (χ1) is 12.5. The van der Waals surface area contributed by atoms with Crippen LogP contribution >= 0.6 is 0 Å². The second kappa shape index (κ2) is 8.03. The number of ether oxygens (including phenoxy) is 2. The van der Waals surface area contributed by atoms with Gasteiger partial charge < -0.3 is 19.3 Å². The molecule has 1 aromatic carbocycles. The monoisotopic (exact) mass is 364 g/mol. The van der Waals surface area contributed by atoms with Crippen molar-refractivity contribution in [3.05, 3.63) is 30.1 Å². The predicted molar refractivity (Wildman–Crippen MR) is 93.2 cm³/mol. The van der Waals surface area contributed by atoms with Crippen LogP contribution in [0.4, 0.5) is 4.39 Å². The molecule has 0 bridgehead atoms. The largest absolute Gasteiger partial charge is 0.484 e. The fourth-order valence-corrected chi connectivity index (χ4v) is 3.80. The number of hydrogen-bond donors (Lipinski definition) is 0. The Labute approximate surface area is 152 Å². The number of carbonyl (C=O) groups excluding carboxylic acids is 2. The maximum absolute atomic E-state index is 12.9. The van der Waals surface area contributed by atoms with Crippen molar-refractivity contribution in [3.63, 3.8) is 0 Å². The Morgan fingerprint density at radius 3 is 2.73 bits per heavy atom. The van der Waals surface area contributed by atoms with Crippen LogP contribution in [0, 0.1) is 11.2 Å². The summed E-state index contributed by atoms with van der Waals surface area (Å²) in [7, 11) is 1.63. The lowest BCUT2D eigenvalue weighted by atomic mass is 9.78. The smallest absolute Gasteiger partial charge is 0.260 e. The summed E-state index contributed by atoms with van der Waals surface area (Å²) in [5.41, 5.74) is -0.461. The van der Waals surface area contributed by atoms with Gasteiger partial charge in [-0.2, -0.15) is 0 Å². The van der Waals surface area contributed by atoms with Gasteiger partial charge in [-0.25, -0.2) is 4.39 Å². The van der Waals surface area contributed by atoms with Crippen LogP contribution in [0.1, 0.15) is 19.3 Å². The first kappa shape index (κ1) is 18.6. The number of nitrogens with zero attached hydrogens (tertiary/aromatic N) is 2. The molecule has 2 aliphatic rings. The number of piperidine rings is 1. The molecule has 2 heterocycles. The molecule has 0 saturated carbocycles. The lowest BCUT2D eigenvalue weighted by molar-refractivity contribution is -0.147. The predicted octanol–water partition coefficient (Wildman–Crippen LogP) is 1.69. The summed E-state index contributed by atoms with van der Waals surface area (Å²) in [5.74, 6) is 0.0933. The summed E-state index contributed by atoms with van der Waals surface area (Å²) in [6, 6.07) is 5.57. The molecule has 0 aromatic heterocycles. The van der Waals surface area contributed by atoms with Gasteiger partial charge in [-0.15, -0.1) is 0 Å². The van der Waals surface area contributed by atoms with E-state index in [1.807, 2.05) is 4.90 Å². The summed E-state index contributed by atoms with van der Waals surface area (Å²) < 4.78 is 23.4. The Morgan fingerprint density at radius 2 is 2.00 bits per heavy atom. The van der Waals surface area contributed by atoms with E-state index in [1.165, 1.54) is 24.3 Å². The highest BCUT2D eigenvalue weighted by Crippen LogP contribution is 2.40. The van der Waals surface area contributed by atoms with E-state index >= 15 is 0 Å². The van der Waals surface area contributed by atoms with E-state index in [2.05, 4.69) is 0 Å². The number of carbonyl (C=O) groups is 2. The molecule has 2 aliphatic heterocycles. The van der Waals surface area contributed by atoms with E-state index in [4.69, 9.17) is 9.47 Å². The highest BCUT2D eigenvalue weighted by atomic mass is 19.1. The lowest BCUT2D eigenvalue weighted by Gasteiger charge is -2.39. The van der Waals surface area contributed by atoms with Gasteiger partial charge in [-0.05, 0) is 43.5 Å². The van der Waals surface area contributed by atoms with E-state index in [0.717, 1.165) is 19.4 Å². The van der Waals surface area contributed by atoms with Crippen molar-refractivity contribution < 1.29 is 23.5 Å². The third-order valence-electron chi connectivity index (χ3n) is 5.27. The average Bonchev–Trinajstić information content (AvgIpc) is 3.07. The first-order valence-electron chi connectivity index (χ1n) is 8.98. The minimum atomic E-state index is -0.461. The van der Waals surface area contributed by atoms with E-state index in [1.54, 1.807) is 12.0 Å². The van der Waals surface area contributed by atoms with Gasteiger partial charge in [0.2, 0.25) is 5.91 Å². The van der Waals surface area contributed by atoms with E-state index in [9.17, 15) is 14.0 Å². The number of hydrogen-bond acceptors (Lipinski definition) is 4. The van der Waals surface area contributed by atoms with Crippen LogP contribution in [-0.2, 0) is 14.3 Å². The number of halogens is 1. The van der Waals surface area contributed by atoms with Crippen molar-refractivity contribution in [1.82, 2.24) is 9.80 Å². The molecule has 6 nitrogen and oxygen atoms in total. The molecule has 0 N–H and O–H groups in total. The number of rotatable bonds is 6. The van der Waals surface area contributed by atoms with Crippen LogP contribution < -0.4 is 4.74 Å². The number of benzene rings is 1. The minimum Gasteiger partial charge on any atom is -0.484 e. The topological polar surface area (TPSA) is 59.1 Å². The molecule has 0 unspecified atom stereocenters. The van der Waals surface area contributed by atoms with Gasteiger partial charge in [0.15, 0.2) is 6.61 Å². The highest BCUT2D eigenvalue weighted by Gasteiger charge is 2.49. The number of amides is 2. The van der Waals surface area contributed by atoms with Crippen molar-refractivity contribution in [3.8, 4) is 5.75 Å². The highest BCUT2D eigenvalue weighted by molar-refractivity contribution is 5.86. The zero-order valence-corrected chi connectivity index (χ0v) is 15.1.